The molecule has 0 aliphatic carbocycles. The van der Waals surface area contributed by atoms with Gasteiger partial charge in [0, 0.05) is 38.4 Å². The maximum Gasteiger partial charge on any atom is 0.241 e. The van der Waals surface area contributed by atoms with Crippen molar-refractivity contribution in [3.8, 4) is 0 Å². The highest BCUT2D eigenvalue weighted by molar-refractivity contribution is 5.85. The van der Waals surface area contributed by atoms with Crippen LogP contribution in [0.4, 0.5) is 0 Å². The van der Waals surface area contributed by atoms with Gasteiger partial charge in [0.15, 0.2) is 5.96 Å². The third-order valence-corrected chi connectivity index (χ3v) is 3.54. The number of guanidine groups is 1. The van der Waals surface area contributed by atoms with Crippen molar-refractivity contribution in [2.24, 2.45) is 12.0 Å². The molecule has 2 heterocycles. The number of ether oxygens (including phenoxy) is 1. The SMILES string of the molecule is CCNC(=O)CN=C(NCC)N1CCOC(c2cnn(C)c2)C1. The van der Waals surface area contributed by atoms with Crippen LogP contribution in [0.1, 0.15) is 25.5 Å². The normalized spacial score (nSPS) is 18.8. The van der Waals surface area contributed by atoms with Gasteiger partial charge in [-0.15, -0.1) is 0 Å². The van der Waals surface area contributed by atoms with E-state index in [1.807, 2.05) is 33.3 Å². The molecular weight excluding hydrogens is 296 g/mol. The van der Waals surface area contributed by atoms with Gasteiger partial charge in [0.2, 0.25) is 5.91 Å². The van der Waals surface area contributed by atoms with Crippen LogP contribution < -0.4 is 10.6 Å². The third kappa shape index (κ3) is 4.95. The molecule has 23 heavy (non-hydrogen) atoms. The number of carbonyl (C=O) groups excluding carboxylic acids is 1. The number of hydrogen-bond donors (Lipinski definition) is 2. The lowest BCUT2D eigenvalue weighted by Gasteiger charge is -2.34. The van der Waals surface area contributed by atoms with Gasteiger partial charge in [-0.3, -0.25) is 9.48 Å². The van der Waals surface area contributed by atoms with Crippen LogP contribution >= 0.6 is 0 Å². The molecule has 1 saturated heterocycles. The van der Waals surface area contributed by atoms with E-state index in [4.69, 9.17) is 4.74 Å². The molecule has 1 unspecified atom stereocenters. The number of aliphatic imine (C=N–C) groups is 1. The number of aromatic nitrogens is 2. The van der Waals surface area contributed by atoms with E-state index in [9.17, 15) is 4.79 Å². The van der Waals surface area contributed by atoms with Crippen molar-refractivity contribution >= 4 is 11.9 Å². The van der Waals surface area contributed by atoms with Crippen molar-refractivity contribution in [1.29, 1.82) is 0 Å². The van der Waals surface area contributed by atoms with E-state index in [1.165, 1.54) is 0 Å². The summed E-state index contributed by atoms with van der Waals surface area (Å²) in [6.07, 6.45) is 3.76. The average Bonchev–Trinajstić information content (AvgIpc) is 2.98. The number of aryl methyl sites for hydroxylation is 1. The zero-order valence-corrected chi connectivity index (χ0v) is 14.1. The zero-order valence-electron chi connectivity index (χ0n) is 14.1. The van der Waals surface area contributed by atoms with Gasteiger partial charge in [0.1, 0.15) is 12.6 Å². The Labute approximate surface area is 136 Å². The Bertz CT molecular complexity index is 542. The fourth-order valence-electron chi connectivity index (χ4n) is 2.48. The highest BCUT2D eigenvalue weighted by atomic mass is 16.5. The van der Waals surface area contributed by atoms with Gasteiger partial charge in [0.05, 0.1) is 19.3 Å². The molecule has 0 aromatic carbocycles. The highest BCUT2D eigenvalue weighted by Gasteiger charge is 2.25. The monoisotopic (exact) mass is 322 g/mol. The van der Waals surface area contributed by atoms with Crippen LogP contribution in [-0.4, -0.2) is 65.9 Å². The molecule has 1 aliphatic rings. The number of nitrogens with one attached hydrogen (secondary N) is 2. The van der Waals surface area contributed by atoms with E-state index >= 15 is 0 Å². The van der Waals surface area contributed by atoms with E-state index in [-0.39, 0.29) is 18.6 Å². The number of likely N-dealkylation sites (N-methyl/N-ethyl adjacent to an activating group) is 1. The molecule has 1 amide bonds. The summed E-state index contributed by atoms with van der Waals surface area (Å²) in [6, 6.07) is 0. The van der Waals surface area contributed by atoms with Crippen molar-refractivity contribution in [3.05, 3.63) is 18.0 Å². The first kappa shape index (κ1) is 17.3. The summed E-state index contributed by atoms with van der Waals surface area (Å²) in [6.45, 7) is 7.46. The first-order chi connectivity index (χ1) is 11.1. The smallest absolute Gasteiger partial charge is 0.241 e. The van der Waals surface area contributed by atoms with Crippen LogP contribution in [0, 0.1) is 0 Å². The fourth-order valence-corrected chi connectivity index (χ4v) is 2.48. The molecule has 1 aromatic rings. The number of hydrogen-bond acceptors (Lipinski definition) is 4. The van der Waals surface area contributed by atoms with Gasteiger partial charge in [-0.05, 0) is 13.8 Å². The fraction of sp³-hybridized carbons (Fsp3) is 0.667. The summed E-state index contributed by atoms with van der Waals surface area (Å²) in [4.78, 5) is 18.2. The molecule has 128 valence electrons. The van der Waals surface area contributed by atoms with Gasteiger partial charge in [-0.1, -0.05) is 0 Å². The lowest BCUT2D eigenvalue weighted by molar-refractivity contribution is -0.119. The minimum absolute atomic E-state index is 0.0363. The molecule has 0 saturated carbocycles. The molecule has 8 nitrogen and oxygen atoms in total. The second-order valence-corrected chi connectivity index (χ2v) is 5.38. The van der Waals surface area contributed by atoms with Crippen molar-refractivity contribution in [2.45, 2.75) is 20.0 Å². The molecule has 2 rings (SSSR count). The number of morpholine rings is 1. The van der Waals surface area contributed by atoms with E-state index in [1.54, 1.807) is 4.68 Å². The zero-order chi connectivity index (χ0) is 16.7. The largest absolute Gasteiger partial charge is 0.370 e. The molecule has 1 aliphatic heterocycles. The second kappa shape index (κ2) is 8.52. The summed E-state index contributed by atoms with van der Waals surface area (Å²) in [7, 11) is 1.89. The molecule has 0 radical (unpaired) electrons. The molecule has 0 spiro atoms. The second-order valence-electron chi connectivity index (χ2n) is 5.38. The van der Waals surface area contributed by atoms with Crippen LogP contribution in [0.5, 0.6) is 0 Å². The Morgan fingerprint density at radius 1 is 1.43 bits per heavy atom. The number of amides is 1. The summed E-state index contributed by atoms with van der Waals surface area (Å²) in [5.41, 5.74) is 1.05. The molecule has 1 atom stereocenters. The average molecular weight is 322 g/mol. The van der Waals surface area contributed by atoms with Crippen molar-refractivity contribution < 1.29 is 9.53 Å². The minimum atomic E-state index is -0.0695. The molecule has 8 heteroatoms. The van der Waals surface area contributed by atoms with Crippen molar-refractivity contribution in [1.82, 2.24) is 25.3 Å². The van der Waals surface area contributed by atoms with Crippen LogP contribution in [0.15, 0.2) is 17.4 Å². The Hall–Kier alpha value is -2.09. The van der Waals surface area contributed by atoms with Crippen LogP contribution in [0.2, 0.25) is 0 Å². The molecule has 0 bridgehead atoms. The van der Waals surface area contributed by atoms with Crippen LogP contribution in [0.3, 0.4) is 0 Å². The van der Waals surface area contributed by atoms with Gasteiger partial charge < -0.3 is 20.3 Å². The Balaban J connectivity index is 2.03. The summed E-state index contributed by atoms with van der Waals surface area (Å²) in [5, 5.41) is 10.2. The third-order valence-electron chi connectivity index (χ3n) is 3.54. The van der Waals surface area contributed by atoms with E-state index in [0.29, 0.717) is 19.7 Å². The van der Waals surface area contributed by atoms with Gasteiger partial charge in [0.25, 0.3) is 0 Å². The molecule has 1 aromatic heterocycles. The number of carbonyl (C=O) groups is 1. The Morgan fingerprint density at radius 2 is 2.22 bits per heavy atom. The lowest BCUT2D eigenvalue weighted by Crippen LogP contribution is -2.48. The van der Waals surface area contributed by atoms with Crippen molar-refractivity contribution in [3.63, 3.8) is 0 Å². The van der Waals surface area contributed by atoms with Crippen LogP contribution in [-0.2, 0) is 16.6 Å². The quantitative estimate of drug-likeness (QED) is 0.584. The van der Waals surface area contributed by atoms with Gasteiger partial charge >= 0.3 is 0 Å². The molecular formula is C15H26N6O2. The van der Waals surface area contributed by atoms with E-state index in [2.05, 4.69) is 25.6 Å². The number of nitrogens with zero attached hydrogens (tertiary/aromatic N) is 4. The van der Waals surface area contributed by atoms with Crippen molar-refractivity contribution in [2.75, 3.05) is 39.3 Å². The van der Waals surface area contributed by atoms with Gasteiger partial charge in [-0.25, -0.2) is 4.99 Å². The number of rotatable bonds is 5. The van der Waals surface area contributed by atoms with Gasteiger partial charge in [-0.2, -0.15) is 5.10 Å². The maximum absolute atomic E-state index is 11.6. The predicted molar refractivity (Wildman–Crippen MR) is 88.1 cm³/mol. The minimum Gasteiger partial charge on any atom is -0.370 e. The maximum atomic E-state index is 11.6. The summed E-state index contributed by atoms with van der Waals surface area (Å²) >= 11 is 0. The summed E-state index contributed by atoms with van der Waals surface area (Å²) in [5.74, 6) is 0.677. The lowest BCUT2D eigenvalue weighted by atomic mass is 10.1. The van der Waals surface area contributed by atoms with Crippen LogP contribution in [0.25, 0.3) is 0 Å². The highest BCUT2D eigenvalue weighted by Crippen LogP contribution is 2.21. The van der Waals surface area contributed by atoms with E-state index in [0.717, 1.165) is 24.6 Å². The molecule has 2 N–H and O–H groups in total. The first-order valence-corrected chi connectivity index (χ1v) is 8.04. The molecule has 1 fully saturated rings. The Kier molecular flexibility index (Phi) is 6.40. The Morgan fingerprint density at radius 3 is 2.87 bits per heavy atom. The predicted octanol–water partition coefficient (Wildman–Crippen LogP) is -0.105. The first-order valence-electron chi connectivity index (χ1n) is 8.04. The summed E-state index contributed by atoms with van der Waals surface area (Å²) < 4.78 is 7.61. The standard InChI is InChI=1S/C15H26N6O2/c1-4-16-14(22)9-18-15(17-5-2)21-6-7-23-13(11-21)12-8-19-20(3)10-12/h8,10,13H,4-7,9,11H2,1-3H3,(H,16,22)(H,17,18). The topological polar surface area (TPSA) is 83.8 Å². The van der Waals surface area contributed by atoms with E-state index < -0.39 is 0 Å².